The van der Waals surface area contributed by atoms with Crippen molar-refractivity contribution in [2.75, 3.05) is 0 Å². The van der Waals surface area contributed by atoms with Crippen LogP contribution in [-0.4, -0.2) is 11.6 Å². The summed E-state index contributed by atoms with van der Waals surface area (Å²) >= 11 is 0. The van der Waals surface area contributed by atoms with Gasteiger partial charge >= 0.3 is 6.09 Å². The first-order chi connectivity index (χ1) is 9.18. The molecule has 0 aromatic heterocycles. The number of hydrogen-bond acceptors (Lipinski definition) is 2. The molecule has 19 heavy (non-hydrogen) atoms. The highest BCUT2D eigenvalue weighted by atomic mass is 16.6. The molecule has 0 unspecified atom stereocenters. The number of hydrogen-bond donors (Lipinski definition) is 1. The number of para-hydroxylation sites is 1. The monoisotopic (exact) mass is 261 g/mol. The van der Waals surface area contributed by atoms with Crippen molar-refractivity contribution in [3.8, 4) is 5.75 Å². The lowest BCUT2D eigenvalue weighted by molar-refractivity contribution is 0.177. The van der Waals surface area contributed by atoms with Gasteiger partial charge in [0.2, 0.25) is 0 Å². The Labute approximate surface area is 115 Å². The number of benzene rings is 1. The van der Waals surface area contributed by atoms with Gasteiger partial charge in [0, 0.05) is 5.54 Å². The van der Waals surface area contributed by atoms with Crippen LogP contribution in [0.2, 0.25) is 0 Å². The summed E-state index contributed by atoms with van der Waals surface area (Å²) in [5, 5.41) is 3.05. The van der Waals surface area contributed by atoms with Crippen LogP contribution in [0.4, 0.5) is 4.79 Å². The Hall–Kier alpha value is -1.51. The summed E-state index contributed by atoms with van der Waals surface area (Å²) in [6.07, 6.45) is 7.97. The van der Waals surface area contributed by atoms with Crippen molar-refractivity contribution in [1.82, 2.24) is 5.32 Å². The van der Waals surface area contributed by atoms with Crippen LogP contribution in [0.25, 0.3) is 0 Å². The average molecular weight is 261 g/mol. The van der Waals surface area contributed by atoms with E-state index in [4.69, 9.17) is 4.74 Å². The molecule has 1 aliphatic rings. The molecule has 0 saturated heterocycles. The second-order valence-electron chi connectivity index (χ2n) is 5.66. The number of carbonyl (C=O) groups is 1. The SMILES string of the molecule is CC1(NC(=O)Oc2ccccc2)CCCCCCC1. The van der Waals surface area contributed by atoms with Crippen molar-refractivity contribution in [3.05, 3.63) is 30.3 Å². The summed E-state index contributed by atoms with van der Waals surface area (Å²) in [5.41, 5.74) is -0.119. The highest BCUT2D eigenvalue weighted by Gasteiger charge is 2.27. The van der Waals surface area contributed by atoms with Crippen molar-refractivity contribution in [1.29, 1.82) is 0 Å². The third-order valence-corrected chi connectivity index (χ3v) is 3.81. The van der Waals surface area contributed by atoms with E-state index < -0.39 is 0 Å². The minimum absolute atomic E-state index is 0.119. The van der Waals surface area contributed by atoms with Gasteiger partial charge in [-0.15, -0.1) is 0 Å². The van der Waals surface area contributed by atoms with Crippen molar-refractivity contribution >= 4 is 6.09 Å². The van der Waals surface area contributed by atoms with E-state index >= 15 is 0 Å². The zero-order valence-corrected chi connectivity index (χ0v) is 11.7. The lowest BCUT2D eigenvalue weighted by Gasteiger charge is -2.32. The molecule has 3 heteroatoms. The van der Waals surface area contributed by atoms with E-state index in [2.05, 4.69) is 12.2 Å². The Morgan fingerprint density at radius 1 is 1.05 bits per heavy atom. The van der Waals surface area contributed by atoms with E-state index in [1.165, 1.54) is 32.1 Å². The number of rotatable bonds is 2. The summed E-state index contributed by atoms with van der Waals surface area (Å²) in [7, 11) is 0. The Morgan fingerprint density at radius 2 is 1.63 bits per heavy atom. The Bertz CT molecular complexity index is 394. The van der Waals surface area contributed by atoms with Crippen molar-refractivity contribution < 1.29 is 9.53 Å². The van der Waals surface area contributed by atoms with Crippen LogP contribution in [0.3, 0.4) is 0 Å². The molecule has 1 aromatic rings. The molecular weight excluding hydrogens is 238 g/mol. The van der Waals surface area contributed by atoms with Crippen LogP contribution >= 0.6 is 0 Å². The van der Waals surface area contributed by atoms with Crippen LogP contribution in [-0.2, 0) is 0 Å². The maximum Gasteiger partial charge on any atom is 0.413 e. The van der Waals surface area contributed by atoms with E-state index in [1.807, 2.05) is 18.2 Å². The molecule has 1 amide bonds. The predicted molar refractivity (Wildman–Crippen MR) is 76.3 cm³/mol. The largest absolute Gasteiger partial charge is 0.413 e. The summed E-state index contributed by atoms with van der Waals surface area (Å²) in [4.78, 5) is 12.0. The second kappa shape index (κ2) is 6.60. The molecule has 0 atom stereocenters. The van der Waals surface area contributed by atoms with Gasteiger partial charge in [-0.3, -0.25) is 0 Å². The zero-order valence-electron chi connectivity index (χ0n) is 11.7. The molecule has 1 aromatic carbocycles. The van der Waals surface area contributed by atoms with Crippen molar-refractivity contribution in [2.24, 2.45) is 0 Å². The summed E-state index contributed by atoms with van der Waals surface area (Å²) in [5.74, 6) is 0.592. The third kappa shape index (κ3) is 4.58. The molecule has 0 heterocycles. The third-order valence-electron chi connectivity index (χ3n) is 3.81. The molecule has 0 aliphatic heterocycles. The van der Waals surface area contributed by atoms with Crippen molar-refractivity contribution in [3.63, 3.8) is 0 Å². The first kappa shape index (κ1) is 13.9. The van der Waals surface area contributed by atoms with E-state index in [0.29, 0.717) is 5.75 Å². The first-order valence-corrected chi connectivity index (χ1v) is 7.23. The smallest absolute Gasteiger partial charge is 0.410 e. The number of nitrogens with one attached hydrogen (secondary N) is 1. The standard InChI is InChI=1S/C16H23NO2/c1-16(12-8-3-2-4-9-13-16)17-15(18)19-14-10-6-5-7-11-14/h5-7,10-11H,2-4,8-9,12-13H2,1H3,(H,17,18). The summed E-state index contributed by atoms with van der Waals surface area (Å²) < 4.78 is 5.30. The molecule has 0 bridgehead atoms. The van der Waals surface area contributed by atoms with Crippen LogP contribution < -0.4 is 10.1 Å². The minimum atomic E-state index is -0.339. The molecule has 0 spiro atoms. The van der Waals surface area contributed by atoms with Gasteiger partial charge in [0.1, 0.15) is 5.75 Å². The highest BCUT2D eigenvalue weighted by molar-refractivity contribution is 5.71. The predicted octanol–water partition coefficient (Wildman–Crippen LogP) is 4.28. The summed E-state index contributed by atoms with van der Waals surface area (Å²) in [6.45, 7) is 2.13. The number of amides is 1. The zero-order chi connectivity index (χ0) is 13.6. The minimum Gasteiger partial charge on any atom is -0.410 e. The first-order valence-electron chi connectivity index (χ1n) is 7.23. The molecule has 3 nitrogen and oxygen atoms in total. The normalized spacial score (nSPS) is 19.0. The van der Waals surface area contributed by atoms with Crippen LogP contribution in [0.15, 0.2) is 30.3 Å². The lowest BCUT2D eigenvalue weighted by Crippen LogP contribution is -2.47. The molecular formula is C16H23NO2. The van der Waals surface area contributed by atoms with Gasteiger partial charge in [-0.2, -0.15) is 0 Å². The molecule has 104 valence electrons. The fourth-order valence-corrected chi connectivity index (χ4v) is 2.68. The molecule has 1 aliphatic carbocycles. The Kier molecular flexibility index (Phi) is 4.83. The molecule has 1 saturated carbocycles. The fourth-order valence-electron chi connectivity index (χ4n) is 2.68. The summed E-state index contributed by atoms with van der Waals surface area (Å²) in [6, 6.07) is 9.21. The van der Waals surface area contributed by atoms with E-state index in [-0.39, 0.29) is 11.6 Å². The Morgan fingerprint density at radius 3 is 2.26 bits per heavy atom. The molecule has 0 radical (unpaired) electrons. The average Bonchev–Trinajstić information content (AvgIpc) is 2.36. The van der Waals surface area contributed by atoms with Gasteiger partial charge in [-0.05, 0) is 31.9 Å². The van der Waals surface area contributed by atoms with Gasteiger partial charge in [0.15, 0.2) is 0 Å². The number of carbonyl (C=O) groups excluding carboxylic acids is 1. The Balaban J connectivity index is 1.89. The topological polar surface area (TPSA) is 38.3 Å². The second-order valence-corrected chi connectivity index (χ2v) is 5.66. The molecule has 1 fully saturated rings. The van der Waals surface area contributed by atoms with E-state index in [0.717, 1.165) is 12.8 Å². The van der Waals surface area contributed by atoms with Crippen molar-refractivity contribution in [2.45, 2.75) is 57.4 Å². The lowest BCUT2D eigenvalue weighted by atomic mass is 9.86. The number of ether oxygens (including phenoxy) is 1. The quantitative estimate of drug-likeness (QED) is 0.863. The maximum atomic E-state index is 12.0. The fraction of sp³-hybridized carbons (Fsp3) is 0.562. The van der Waals surface area contributed by atoms with Gasteiger partial charge in [0.25, 0.3) is 0 Å². The van der Waals surface area contributed by atoms with Crippen LogP contribution in [0.5, 0.6) is 5.75 Å². The van der Waals surface area contributed by atoms with Crippen LogP contribution in [0.1, 0.15) is 51.9 Å². The van der Waals surface area contributed by atoms with Crippen LogP contribution in [0, 0.1) is 0 Å². The maximum absolute atomic E-state index is 12.0. The van der Waals surface area contributed by atoms with Gasteiger partial charge in [-0.25, -0.2) is 4.79 Å². The van der Waals surface area contributed by atoms with Gasteiger partial charge in [-0.1, -0.05) is 50.3 Å². The molecule has 1 N–H and O–H groups in total. The van der Waals surface area contributed by atoms with Gasteiger partial charge < -0.3 is 10.1 Å². The van der Waals surface area contributed by atoms with E-state index in [9.17, 15) is 4.79 Å². The molecule has 2 rings (SSSR count). The highest BCUT2D eigenvalue weighted by Crippen LogP contribution is 2.26. The van der Waals surface area contributed by atoms with E-state index in [1.54, 1.807) is 12.1 Å². The van der Waals surface area contributed by atoms with Gasteiger partial charge in [0.05, 0.1) is 0 Å².